The third-order valence-electron chi connectivity index (χ3n) is 16.1. The van der Waals surface area contributed by atoms with E-state index >= 15 is 0 Å². The average molecular weight is 1060 g/mol. The van der Waals surface area contributed by atoms with Crippen LogP contribution >= 0.6 is 0 Å². The van der Waals surface area contributed by atoms with E-state index in [0.29, 0.717) is 12.8 Å². The molecule has 6 rings (SSSR count). The molecule has 2 unspecified atom stereocenters. The van der Waals surface area contributed by atoms with Gasteiger partial charge >= 0.3 is 5.97 Å². The van der Waals surface area contributed by atoms with E-state index in [1.807, 2.05) is 76.2 Å². The van der Waals surface area contributed by atoms with E-state index in [0.717, 1.165) is 85.3 Å². The fourth-order valence-corrected chi connectivity index (χ4v) is 12.1. The molecule has 0 saturated heterocycles. The summed E-state index contributed by atoms with van der Waals surface area (Å²) in [5, 5.41) is 16.2. The number of aliphatic carboxylic acids is 1. The lowest BCUT2D eigenvalue weighted by molar-refractivity contribution is -0.157. The van der Waals surface area contributed by atoms with Gasteiger partial charge in [-0.2, -0.15) is 0 Å². The number of carboxylic acids is 1. The van der Waals surface area contributed by atoms with Crippen molar-refractivity contribution in [1.29, 1.82) is 0 Å². The molecule has 77 heavy (non-hydrogen) atoms. The summed E-state index contributed by atoms with van der Waals surface area (Å²) in [5.74, 6) is -4.25. The molecule has 0 spiro atoms. The van der Waals surface area contributed by atoms with Gasteiger partial charge < -0.3 is 37.4 Å². The molecule has 4 aliphatic rings. The molecule has 2 fully saturated rings. The normalized spacial score (nSPS) is 19.3. The molecule has 8 N–H and O–H groups in total. The minimum Gasteiger partial charge on any atom is -0.481 e. The van der Waals surface area contributed by atoms with Crippen molar-refractivity contribution in [2.75, 3.05) is 23.9 Å². The maximum Gasteiger partial charge on any atom is 0.311 e. The lowest BCUT2D eigenvalue weighted by Crippen LogP contribution is -2.54. The molecule has 2 heterocycles. The Morgan fingerprint density at radius 3 is 1.25 bits per heavy atom. The van der Waals surface area contributed by atoms with Gasteiger partial charge in [0.1, 0.15) is 0 Å². The molecular formula is C62H90N8O7. The predicted octanol–water partition coefficient (Wildman–Crippen LogP) is 11.1. The van der Waals surface area contributed by atoms with Gasteiger partial charge in [-0.3, -0.25) is 38.8 Å². The first-order chi connectivity index (χ1) is 36.3. The van der Waals surface area contributed by atoms with Crippen LogP contribution in [0.4, 0.5) is 11.4 Å². The molecule has 15 heteroatoms. The van der Waals surface area contributed by atoms with Crippen LogP contribution < -0.4 is 32.3 Å². The number of likely N-dealkylation sites (N-methyl/N-ethyl adjacent to an activating group) is 2. The molecule has 2 aromatic rings. The minimum absolute atomic E-state index is 0. The number of benzodiazepines with no additional fused rings is 2. The van der Waals surface area contributed by atoms with Crippen LogP contribution in [0.2, 0.25) is 0 Å². The number of anilines is 2. The van der Waals surface area contributed by atoms with Crippen molar-refractivity contribution in [2.24, 2.45) is 62.1 Å². The smallest absolute Gasteiger partial charge is 0.311 e. The number of fused-ring (bicyclic) bond motifs is 2. The summed E-state index contributed by atoms with van der Waals surface area (Å²) in [4.78, 5) is 93.9. The Labute approximate surface area is 459 Å². The first kappa shape index (κ1) is 63.1. The van der Waals surface area contributed by atoms with E-state index in [2.05, 4.69) is 36.9 Å². The van der Waals surface area contributed by atoms with Crippen LogP contribution in [0.15, 0.2) is 109 Å². The molecule has 2 aliphatic heterocycles. The summed E-state index contributed by atoms with van der Waals surface area (Å²) < 4.78 is 0. The van der Waals surface area contributed by atoms with Gasteiger partial charge in [0.05, 0.1) is 45.5 Å². The monoisotopic (exact) mass is 1060 g/mol. The Kier molecular flexibility index (Phi) is 24.0. The summed E-state index contributed by atoms with van der Waals surface area (Å²) in [6, 6.07) is 15.6. The summed E-state index contributed by atoms with van der Waals surface area (Å²) in [5.41, 5.74) is 8.50. The van der Waals surface area contributed by atoms with Crippen LogP contribution in [0.1, 0.15) is 154 Å². The first-order valence-corrected chi connectivity index (χ1v) is 27.8. The molecule has 420 valence electrons. The fourth-order valence-electron chi connectivity index (χ4n) is 12.1. The maximum absolute atomic E-state index is 14.0. The Morgan fingerprint density at radius 1 is 0.610 bits per heavy atom. The number of benzene rings is 2. The van der Waals surface area contributed by atoms with Gasteiger partial charge in [0.2, 0.25) is 30.1 Å². The number of nitrogens with two attached hydrogens (primary N) is 1. The van der Waals surface area contributed by atoms with Gasteiger partial charge in [0.15, 0.2) is 0 Å². The topological polar surface area (TPSA) is 239 Å². The van der Waals surface area contributed by atoms with Crippen LogP contribution in [0, 0.1) is 46.3 Å². The van der Waals surface area contributed by atoms with Crippen LogP contribution in [0.5, 0.6) is 0 Å². The van der Waals surface area contributed by atoms with Crippen LogP contribution in [0.25, 0.3) is 0 Å². The summed E-state index contributed by atoms with van der Waals surface area (Å²) in [7, 11) is 3.43. The molecule has 4 atom stereocenters. The predicted molar refractivity (Wildman–Crippen MR) is 311 cm³/mol. The number of nitrogens with zero attached hydrogens (tertiary/aromatic N) is 4. The quantitative estimate of drug-likeness (QED) is 0.0560. The van der Waals surface area contributed by atoms with Crippen molar-refractivity contribution in [2.45, 2.75) is 156 Å². The third-order valence-corrected chi connectivity index (χ3v) is 16.1. The van der Waals surface area contributed by atoms with Crippen molar-refractivity contribution in [3.8, 4) is 0 Å². The fraction of sp³-hybridized carbons (Fsp3) is 0.548. The number of hydrogen-bond donors (Lipinski definition) is 5. The zero-order valence-corrected chi connectivity index (χ0v) is 47.1. The Morgan fingerprint density at radius 2 is 0.935 bits per heavy atom. The van der Waals surface area contributed by atoms with Crippen molar-refractivity contribution < 1.29 is 33.9 Å². The lowest BCUT2D eigenvalue weighted by atomic mass is 9.66. The van der Waals surface area contributed by atoms with Crippen molar-refractivity contribution in [3.63, 3.8) is 0 Å². The lowest BCUT2D eigenvalue weighted by Gasteiger charge is -2.37. The second-order valence-corrected chi connectivity index (χ2v) is 22.4. The molecule has 2 aliphatic carbocycles. The van der Waals surface area contributed by atoms with Gasteiger partial charge in [-0.15, -0.1) is 26.3 Å². The van der Waals surface area contributed by atoms with Crippen molar-refractivity contribution in [3.05, 3.63) is 110 Å². The Hall–Kier alpha value is -6.48. The Balaban J connectivity index is 0.000000328. The number of nitrogens with one attached hydrogen (secondary N) is 2. The SMILES string of the molecule is C=CCC(CC=C)(C(=O)O)[C@@H](CC(C)C)C(=O)NC1N=C(C2CCCCCC2)c2ccccc2N(C)C1=O.C=CCC(CC=C)(C(N)=O)[C@@H](CC(C)C)C(=O)NC1N=C(C2CCCCCC2)c2ccccc2N(C)C1=O.N. The van der Waals surface area contributed by atoms with Crippen LogP contribution in [0.3, 0.4) is 0 Å². The minimum atomic E-state index is -1.41. The molecule has 0 radical (unpaired) electrons. The summed E-state index contributed by atoms with van der Waals surface area (Å²) in [6.45, 7) is 23.1. The van der Waals surface area contributed by atoms with Gasteiger partial charge in [-0.1, -0.05) is 140 Å². The number of primary amides is 1. The van der Waals surface area contributed by atoms with Gasteiger partial charge in [0.25, 0.3) is 11.8 Å². The highest BCUT2D eigenvalue weighted by Gasteiger charge is 2.50. The highest BCUT2D eigenvalue weighted by Crippen LogP contribution is 2.43. The number of amides is 5. The Bertz CT molecular complexity index is 2290. The van der Waals surface area contributed by atoms with Gasteiger partial charge in [-0.05, 0) is 88.2 Å². The highest BCUT2D eigenvalue weighted by molar-refractivity contribution is 6.15. The summed E-state index contributed by atoms with van der Waals surface area (Å²) in [6.07, 6.45) is 18.8. The van der Waals surface area contributed by atoms with E-state index in [9.17, 15) is 33.9 Å². The number of allylic oxidation sites excluding steroid dienone is 4. The molecule has 2 saturated carbocycles. The zero-order chi connectivity index (χ0) is 55.7. The molecular weight excluding hydrogens is 969 g/mol. The number of hydrogen-bond acceptors (Lipinski definition) is 9. The molecule has 0 aromatic heterocycles. The molecule has 0 bridgehead atoms. The number of carboxylic acid groups (broad SMARTS) is 1. The van der Waals surface area contributed by atoms with Crippen molar-refractivity contribution >= 4 is 58.3 Å². The van der Waals surface area contributed by atoms with E-state index in [1.165, 1.54) is 25.7 Å². The standard InChI is InChI=1S/C31H44N4O3.C31H43N3O4.H3N/c1-6-18-31(19-7-2,30(32)38)24(20-21(3)4)28(36)34-27-29(37)35(5)25-17-13-12-16-23(25)26(33-27)22-14-10-8-9-11-15-22;1-6-18-31(19-7-2,30(37)38)24(20-21(3)4)28(35)33-27-29(36)34(5)25-17-13-12-16-23(25)26(32-27)22-14-10-8-9-11-15-22;/h6-7,12-13,16-17,21-22,24,27H,1-2,8-11,14-15,18-20H2,3-5H3,(H2,32,38)(H,34,36);6-7,12-13,16-17,21-22,24,27H,1-2,8-11,14-15,18-20H2,3-5H3,(H,33,35)(H,37,38);1H3/t2*24-,27?;/m00./s1. The molecule has 2 aromatic carbocycles. The number of carbonyl (C=O) groups is 6. The largest absolute Gasteiger partial charge is 0.481 e. The van der Waals surface area contributed by atoms with Crippen LogP contribution in [-0.4, -0.2) is 78.5 Å². The highest BCUT2D eigenvalue weighted by atomic mass is 16.4. The molecule has 5 amide bonds. The number of para-hydroxylation sites is 2. The van der Waals surface area contributed by atoms with E-state index in [-0.39, 0.29) is 67.3 Å². The summed E-state index contributed by atoms with van der Waals surface area (Å²) >= 11 is 0. The van der Waals surface area contributed by atoms with Gasteiger partial charge in [-0.25, -0.2) is 0 Å². The molecule has 15 nitrogen and oxygen atoms in total. The first-order valence-electron chi connectivity index (χ1n) is 27.8. The van der Waals surface area contributed by atoms with Gasteiger partial charge in [0, 0.05) is 37.1 Å². The van der Waals surface area contributed by atoms with Crippen molar-refractivity contribution in [1.82, 2.24) is 16.8 Å². The zero-order valence-electron chi connectivity index (χ0n) is 47.1. The number of rotatable bonds is 22. The maximum atomic E-state index is 14.0. The van der Waals surface area contributed by atoms with E-state index in [4.69, 9.17) is 15.7 Å². The van der Waals surface area contributed by atoms with E-state index in [1.54, 1.807) is 48.2 Å². The second kappa shape index (κ2) is 29.3. The van der Waals surface area contributed by atoms with Crippen LogP contribution in [-0.2, 0) is 28.8 Å². The average Bonchev–Trinajstić information content (AvgIpc) is 3.90. The number of aliphatic imine (C=N–C) groups is 2. The van der Waals surface area contributed by atoms with E-state index < -0.39 is 58.7 Å². The number of carbonyl (C=O) groups excluding carboxylic acids is 5. The second-order valence-electron chi connectivity index (χ2n) is 22.4. The third kappa shape index (κ3) is 15.0.